The Labute approximate surface area is 181 Å². The highest BCUT2D eigenvalue weighted by Crippen LogP contribution is 2.37. The summed E-state index contributed by atoms with van der Waals surface area (Å²) in [6.45, 7) is 2.41. The topological polar surface area (TPSA) is 89.5 Å². The van der Waals surface area contributed by atoms with Crippen LogP contribution in [0.3, 0.4) is 0 Å². The Bertz CT molecular complexity index is 947. The summed E-state index contributed by atoms with van der Waals surface area (Å²) in [5.41, 5.74) is 5.19. The largest absolute Gasteiger partial charge is 0.493 e. The standard InChI is InChI=1S/C23H27N3O5/c1-5-15-6-8-18(9-7-15)26-14-17(12-21(26)27)23(28)25-24-13-16-10-19(29-2)22(31-4)20(11-16)30-3/h6-11,13,17H,5,12,14H2,1-4H3,(H,25,28)/b24-13+/t17-/m0/s1. The van der Waals surface area contributed by atoms with Crippen molar-refractivity contribution in [1.82, 2.24) is 5.43 Å². The Morgan fingerprint density at radius 1 is 1.13 bits per heavy atom. The molecule has 1 aliphatic rings. The van der Waals surface area contributed by atoms with Crippen molar-refractivity contribution < 1.29 is 23.8 Å². The van der Waals surface area contributed by atoms with Crippen molar-refractivity contribution in [3.8, 4) is 17.2 Å². The van der Waals surface area contributed by atoms with E-state index < -0.39 is 5.92 Å². The van der Waals surface area contributed by atoms with Crippen LogP contribution in [0, 0.1) is 5.92 Å². The highest BCUT2D eigenvalue weighted by Gasteiger charge is 2.35. The highest BCUT2D eigenvalue weighted by atomic mass is 16.5. The number of aryl methyl sites for hydroxylation is 1. The first kappa shape index (κ1) is 22.1. The molecule has 1 heterocycles. The van der Waals surface area contributed by atoms with Crippen molar-refractivity contribution >= 4 is 23.7 Å². The number of ether oxygens (including phenoxy) is 3. The first-order valence-electron chi connectivity index (χ1n) is 10.0. The zero-order chi connectivity index (χ0) is 22.4. The van der Waals surface area contributed by atoms with E-state index in [1.54, 1.807) is 17.0 Å². The molecule has 1 fully saturated rings. The van der Waals surface area contributed by atoms with Gasteiger partial charge >= 0.3 is 0 Å². The molecule has 0 unspecified atom stereocenters. The SMILES string of the molecule is CCc1ccc(N2C[C@@H](C(=O)N/N=C/c3cc(OC)c(OC)c(OC)c3)CC2=O)cc1. The van der Waals surface area contributed by atoms with E-state index in [1.807, 2.05) is 24.3 Å². The van der Waals surface area contributed by atoms with E-state index in [-0.39, 0.29) is 18.2 Å². The van der Waals surface area contributed by atoms with E-state index in [4.69, 9.17) is 14.2 Å². The lowest BCUT2D eigenvalue weighted by Crippen LogP contribution is -2.30. The van der Waals surface area contributed by atoms with Crippen LogP contribution in [-0.4, -0.2) is 45.9 Å². The fourth-order valence-electron chi connectivity index (χ4n) is 3.48. The summed E-state index contributed by atoms with van der Waals surface area (Å²) >= 11 is 0. The number of methoxy groups -OCH3 is 3. The number of nitrogens with zero attached hydrogens (tertiary/aromatic N) is 2. The van der Waals surface area contributed by atoms with Gasteiger partial charge < -0.3 is 19.1 Å². The van der Waals surface area contributed by atoms with Crippen molar-refractivity contribution in [3.63, 3.8) is 0 Å². The lowest BCUT2D eigenvalue weighted by Gasteiger charge is -2.16. The van der Waals surface area contributed by atoms with E-state index >= 15 is 0 Å². The number of benzene rings is 2. The molecule has 1 saturated heterocycles. The smallest absolute Gasteiger partial charge is 0.245 e. The molecule has 8 nitrogen and oxygen atoms in total. The molecule has 0 spiro atoms. The molecule has 2 aromatic carbocycles. The van der Waals surface area contributed by atoms with Gasteiger partial charge in [0.1, 0.15) is 0 Å². The molecule has 0 saturated carbocycles. The van der Waals surface area contributed by atoms with Crippen molar-refractivity contribution in [3.05, 3.63) is 47.5 Å². The molecular formula is C23H27N3O5. The normalized spacial score (nSPS) is 15.9. The Hall–Kier alpha value is -3.55. The second kappa shape index (κ2) is 9.97. The van der Waals surface area contributed by atoms with Gasteiger partial charge in [0.25, 0.3) is 0 Å². The summed E-state index contributed by atoms with van der Waals surface area (Å²) in [4.78, 5) is 26.6. The minimum atomic E-state index is -0.463. The van der Waals surface area contributed by atoms with Crippen LogP contribution in [0.1, 0.15) is 24.5 Å². The van der Waals surface area contributed by atoms with Crippen molar-refractivity contribution in [2.45, 2.75) is 19.8 Å². The number of rotatable bonds is 8. The molecule has 2 amide bonds. The summed E-state index contributed by atoms with van der Waals surface area (Å²) in [6.07, 6.45) is 2.57. The van der Waals surface area contributed by atoms with Crippen LogP contribution in [0.15, 0.2) is 41.5 Å². The molecule has 8 heteroatoms. The average Bonchev–Trinajstić information content (AvgIpc) is 3.19. The Morgan fingerprint density at radius 2 is 1.77 bits per heavy atom. The molecule has 0 radical (unpaired) electrons. The number of nitrogens with one attached hydrogen (secondary N) is 1. The zero-order valence-electron chi connectivity index (χ0n) is 18.2. The number of hydrogen-bond acceptors (Lipinski definition) is 6. The van der Waals surface area contributed by atoms with Gasteiger partial charge in [-0.3, -0.25) is 9.59 Å². The van der Waals surface area contributed by atoms with Gasteiger partial charge in [0.15, 0.2) is 11.5 Å². The Kier molecular flexibility index (Phi) is 7.12. The fourth-order valence-corrected chi connectivity index (χ4v) is 3.48. The maximum atomic E-state index is 12.5. The van der Waals surface area contributed by atoms with Gasteiger partial charge in [-0.15, -0.1) is 0 Å². The number of carbonyl (C=O) groups is 2. The zero-order valence-corrected chi connectivity index (χ0v) is 18.2. The lowest BCUT2D eigenvalue weighted by atomic mass is 10.1. The molecule has 1 N–H and O–H groups in total. The molecule has 2 aromatic rings. The number of hydrazone groups is 1. The predicted octanol–water partition coefficient (Wildman–Crippen LogP) is 2.78. The minimum absolute atomic E-state index is 0.0713. The van der Waals surface area contributed by atoms with Gasteiger partial charge in [0, 0.05) is 24.2 Å². The van der Waals surface area contributed by atoms with Gasteiger partial charge in [0.2, 0.25) is 17.6 Å². The first-order chi connectivity index (χ1) is 15.0. The molecular weight excluding hydrogens is 398 g/mol. The van der Waals surface area contributed by atoms with Crippen LogP contribution in [0.25, 0.3) is 0 Å². The van der Waals surface area contributed by atoms with Crippen LogP contribution in [0.5, 0.6) is 17.2 Å². The maximum Gasteiger partial charge on any atom is 0.245 e. The molecule has 0 aliphatic carbocycles. The van der Waals surface area contributed by atoms with Crippen molar-refractivity contribution in [1.29, 1.82) is 0 Å². The van der Waals surface area contributed by atoms with E-state index in [9.17, 15) is 9.59 Å². The van der Waals surface area contributed by atoms with Crippen LogP contribution in [0.4, 0.5) is 5.69 Å². The number of hydrogen-bond donors (Lipinski definition) is 1. The number of carbonyl (C=O) groups excluding carboxylic acids is 2. The van der Waals surface area contributed by atoms with Gasteiger partial charge in [-0.2, -0.15) is 5.10 Å². The lowest BCUT2D eigenvalue weighted by molar-refractivity contribution is -0.126. The fraction of sp³-hybridized carbons (Fsp3) is 0.348. The van der Waals surface area contributed by atoms with E-state index in [2.05, 4.69) is 17.5 Å². The Balaban J connectivity index is 1.64. The second-order valence-electron chi connectivity index (χ2n) is 7.12. The first-order valence-corrected chi connectivity index (χ1v) is 10.0. The molecule has 31 heavy (non-hydrogen) atoms. The third-order valence-electron chi connectivity index (χ3n) is 5.23. The van der Waals surface area contributed by atoms with Gasteiger partial charge in [-0.1, -0.05) is 19.1 Å². The third kappa shape index (κ3) is 4.96. The van der Waals surface area contributed by atoms with E-state index in [1.165, 1.54) is 33.1 Å². The molecule has 0 aromatic heterocycles. The quantitative estimate of drug-likeness (QED) is 0.519. The number of anilines is 1. The Morgan fingerprint density at radius 3 is 2.32 bits per heavy atom. The monoisotopic (exact) mass is 425 g/mol. The molecule has 1 atom stereocenters. The molecule has 164 valence electrons. The molecule has 0 bridgehead atoms. The van der Waals surface area contributed by atoms with Crippen LogP contribution >= 0.6 is 0 Å². The third-order valence-corrected chi connectivity index (χ3v) is 5.23. The van der Waals surface area contributed by atoms with Crippen LogP contribution in [-0.2, 0) is 16.0 Å². The van der Waals surface area contributed by atoms with Crippen molar-refractivity contribution in [2.75, 3.05) is 32.8 Å². The minimum Gasteiger partial charge on any atom is -0.493 e. The van der Waals surface area contributed by atoms with Gasteiger partial charge in [-0.05, 0) is 36.2 Å². The summed E-state index contributed by atoms with van der Waals surface area (Å²) in [6, 6.07) is 11.3. The summed E-state index contributed by atoms with van der Waals surface area (Å²) in [7, 11) is 4.58. The summed E-state index contributed by atoms with van der Waals surface area (Å²) in [5.74, 6) is 0.613. The summed E-state index contributed by atoms with van der Waals surface area (Å²) in [5, 5.41) is 4.03. The summed E-state index contributed by atoms with van der Waals surface area (Å²) < 4.78 is 15.9. The van der Waals surface area contributed by atoms with Gasteiger partial charge in [0.05, 0.1) is 33.5 Å². The average molecular weight is 425 g/mol. The highest BCUT2D eigenvalue weighted by molar-refractivity contribution is 6.00. The molecule has 1 aliphatic heterocycles. The van der Waals surface area contributed by atoms with Crippen molar-refractivity contribution in [2.24, 2.45) is 11.0 Å². The maximum absolute atomic E-state index is 12.5. The van der Waals surface area contributed by atoms with Gasteiger partial charge in [-0.25, -0.2) is 5.43 Å². The van der Waals surface area contributed by atoms with E-state index in [0.29, 0.717) is 29.4 Å². The second-order valence-corrected chi connectivity index (χ2v) is 7.12. The predicted molar refractivity (Wildman–Crippen MR) is 118 cm³/mol. The number of amides is 2. The van der Waals surface area contributed by atoms with E-state index in [0.717, 1.165) is 12.1 Å². The van der Waals surface area contributed by atoms with Crippen LogP contribution < -0.4 is 24.5 Å². The molecule has 3 rings (SSSR count). The van der Waals surface area contributed by atoms with Crippen LogP contribution in [0.2, 0.25) is 0 Å².